The number of hydrogen-bond donors (Lipinski definition) is 1. The van der Waals surface area contributed by atoms with Gasteiger partial charge in [0.25, 0.3) is 0 Å². The molecule has 0 aliphatic carbocycles. The maximum Gasteiger partial charge on any atom is 0.0590 e. The van der Waals surface area contributed by atoms with Crippen LogP contribution >= 0.6 is 0 Å². The van der Waals surface area contributed by atoms with Crippen LogP contribution in [0.15, 0.2) is 24.4 Å². The Bertz CT molecular complexity index is 398. The Balaban J connectivity index is 2.14. The van der Waals surface area contributed by atoms with Crippen molar-refractivity contribution in [1.82, 2.24) is 9.88 Å². The fraction of sp³-hybridized carbons (Fsp3) is 0.688. The molecule has 4 heteroatoms. The molecule has 0 spiro atoms. The molecule has 2 N–H and O–H groups in total. The van der Waals surface area contributed by atoms with Crippen molar-refractivity contribution in [1.29, 1.82) is 0 Å². The number of rotatable bonds is 6. The van der Waals surface area contributed by atoms with Gasteiger partial charge in [0.2, 0.25) is 0 Å². The third-order valence-electron chi connectivity index (χ3n) is 4.50. The van der Waals surface area contributed by atoms with Gasteiger partial charge in [-0.1, -0.05) is 19.9 Å². The Kier molecular flexibility index (Phi) is 5.52. The zero-order chi connectivity index (χ0) is 14.4. The highest BCUT2D eigenvalue weighted by Crippen LogP contribution is 2.32. The van der Waals surface area contributed by atoms with Crippen molar-refractivity contribution in [2.45, 2.75) is 51.3 Å². The summed E-state index contributed by atoms with van der Waals surface area (Å²) in [7, 11) is 0. The largest absolute Gasteiger partial charge is 0.378 e. The van der Waals surface area contributed by atoms with E-state index < -0.39 is 0 Å². The van der Waals surface area contributed by atoms with Crippen LogP contribution in [0.1, 0.15) is 38.8 Å². The van der Waals surface area contributed by atoms with Gasteiger partial charge >= 0.3 is 0 Å². The van der Waals surface area contributed by atoms with Gasteiger partial charge in [-0.2, -0.15) is 0 Å². The lowest BCUT2D eigenvalue weighted by Crippen LogP contribution is -2.58. The molecule has 0 amide bonds. The minimum Gasteiger partial charge on any atom is -0.378 e. The average Bonchev–Trinajstić information content (AvgIpc) is 2.53. The molecule has 4 nitrogen and oxygen atoms in total. The van der Waals surface area contributed by atoms with E-state index >= 15 is 0 Å². The van der Waals surface area contributed by atoms with Gasteiger partial charge in [-0.25, -0.2) is 0 Å². The van der Waals surface area contributed by atoms with Gasteiger partial charge in [-0.05, 0) is 37.9 Å². The van der Waals surface area contributed by atoms with Crippen LogP contribution in [0, 0.1) is 0 Å². The van der Waals surface area contributed by atoms with E-state index in [4.69, 9.17) is 10.5 Å². The molecule has 112 valence electrons. The van der Waals surface area contributed by atoms with E-state index in [0.717, 1.165) is 44.7 Å². The number of likely N-dealkylation sites (N-methyl/N-ethyl adjacent to an activating group) is 1. The molecule has 2 heterocycles. The van der Waals surface area contributed by atoms with E-state index in [1.54, 1.807) is 0 Å². The zero-order valence-electron chi connectivity index (χ0n) is 12.7. The van der Waals surface area contributed by atoms with Crippen LogP contribution < -0.4 is 5.73 Å². The minimum atomic E-state index is 0.0607. The van der Waals surface area contributed by atoms with Gasteiger partial charge in [0.1, 0.15) is 0 Å². The number of nitrogens with two attached hydrogens (primary N) is 1. The van der Waals surface area contributed by atoms with Crippen molar-refractivity contribution in [3.8, 4) is 0 Å². The number of aromatic nitrogens is 1. The SMILES string of the molecule is CCC1CC(CN)(N(CC)Cc2ccccn2)CCO1. The van der Waals surface area contributed by atoms with Crippen molar-refractivity contribution in [2.24, 2.45) is 5.73 Å². The first-order valence-corrected chi connectivity index (χ1v) is 7.70. The minimum absolute atomic E-state index is 0.0607. The number of nitrogens with zero attached hydrogens (tertiary/aromatic N) is 2. The zero-order valence-corrected chi connectivity index (χ0v) is 12.7. The summed E-state index contributed by atoms with van der Waals surface area (Å²) in [4.78, 5) is 6.94. The summed E-state index contributed by atoms with van der Waals surface area (Å²) in [5.74, 6) is 0. The monoisotopic (exact) mass is 277 g/mol. The lowest BCUT2D eigenvalue weighted by atomic mass is 9.83. The first-order chi connectivity index (χ1) is 9.74. The third kappa shape index (κ3) is 3.37. The Hall–Kier alpha value is -0.970. The summed E-state index contributed by atoms with van der Waals surface area (Å²) in [5, 5.41) is 0. The van der Waals surface area contributed by atoms with Crippen LogP contribution in [0.25, 0.3) is 0 Å². The highest BCUT2D eigenvalue weighted by molar-refractivity contribution is 5.06. The molecule has 1 saturated heterocycles. The summed E-state index contributed by atoms with van der Waals surface area (Å²) >= 11 is 0. The van der Waals surface area contributed by atoms with E-state index in [1.165, 1.54) is 0 Å². The number of ether oxygens (including phenoxy) is 1. The molecular weight excluding hydrogens is 250 g/mol. The molecule has 1 aromatic heterocycles. The molecule has 20 heavy (non-hydrogen) atoms. The van der Waals surface area contributed by atoms with Gasteiger partial charge < -0.3 is 10.5 Å². The molecule has 1 aromatic rings. The van der Waals surface area contributed by atoms with Gasteiger partial charge in [0.15, 0.2) is 0 Å². The lowest BCUT2D eigenvalue weighted by molar-refractivity contribution is -0.0737. The fourth-order valence-electron chi connectivity index (χ4n) is 3.17. The van der Waals surface area contributed by atoms with E-state index in [9.17, 15) is 0 Å². The fourth-order valence-corrected chi connectivity index (χ4v) is 3.17. The summed E-state index contributed by atoms with van der Waals surface area (Å²) in [6.07, 6.45) is 5.30. The van der Waals surface area contributed by atoms with Crippen LogP contribution in [0.5, 0.6) is 0 Å². The second-order valence-corrected chi connectivity index (χ2v) is 5.62. The quantitative estimate of drug-likeness (QED) is 0.866. The number of pyridine rings is 1. The molecular formula is C16H27N3O. The predicted molar refractivity (Wildman–Crippen MR) is 81.4 cm³/mol. The summed E-state index contributed by atoms with van der Waals surface area (Å²) in [6, 6.07) is 6.09. The van der Waals surface area contributed by atoms with Crippen LogP contribution in [0.3, 0.4) is 0 Å². The van der Waals surface area contributed by atoms with Crippen molar-refractivity contribution in [3.63, 3.8) is 0 Å². The smallest absolute Gasteiger partial charge is 0.0590 e. The highest BCUT2D eigenvalue weighted by atomic mass is 16.5. The first kappa shape index (κ1) is 15.4. The number of hydrogen-bond acceptors (Lipinski definition) is 4. The van der Waals surface area contributed by atoms with Crippen molar-refractivity contribution in [2.75, 3.05) is 19.7 Å². The van der Waals surface area contributed by atoms with E-state index in [0.29, 0.717) is 12.6 Å². The maximum atomic E-state index is 6.17. The van der Waals surface area contributed by atoms with Gasteiger partial charge in [0, 0.05) is 31.4 Å². The topological polar surface area (TPSA) is 51.4 Å². The molecule has 0 aromatic carbocycles. The van der Waals surface area contributed by atoms with Gasteiger partial charge in [-0.3, -0.25) is 9.88 Å². The van der Waals surface area contributed by atoms with Gasteiger partial charge in [0.05, 0.1) is 11.8 Å². The maximum absolute atomic E-state index is 6.17. The molecule has 2 rings (SSSR count). The molecule has 0 radical (unpaired) electrons. The molecule has 1 aliphatic heterocycles. The van der Waals surface area contributed by atoms with Crippen LogP contribution in [0.4, 0.5) is 0 Å². The first-order valence-electron chi connectivity index (χ1n) is 7.70. The molecule has 0 bridgehead atoms. The van der Waals surface area contributed by atoms with E-state index in [-0.39, 0.29) is 5.54 Å². The average molecular weight is 277 g/mol. The Morgan fingerprint density at radius 2 is 2.30 bits per heavy atom. The lowest BCUT2D eigenvalue weighted by Gasteiger charge is -2.47. The molecule has 2 unspecified atom stereocenters. The Labute approximate surface area is 122 Å². The third-order valence-corrected chi connectivity index (χ3v) is 4.50. The standard InChI is InChI=1S/C16H27N3O/c1-3-15-11-16(13-17,8-10-20-15)19(4-2)12-14-7-5-6-9-18-14/h5-7,9,15H,3-4,8,10-13,17H2,1-2H3. The normalized spacial score (nSPS) is 26.9. The van der Waals surface area contributed by atoms with Crippen molar-refractivity contribution < 1.29 is 4.74 Å². The van der Waals surface area contributed by atoms with Crippen molar-refractivity contribution in [3.05, 3.63) is 30.1 Å². The van der Waals surface area contributed by atoms with Gasteiger partial charge in [-0.15, -0.1) is 0 Å². The van der Waals surface area contributed by atoms with E-state index in [2.05, 4.69) is 29.8 Å². The van der Waals surface area contributed by atoms with Crippen LogP contribution in [0.2, 0.25) is 0 Å². The summed E-state index contributed by atoms with van der Waals surface area (Å²) in [5.41, 5.74) is 7.34. The van der Waals surface area contributed by atoms with Crippen molar-refractivity contribution >= 4 is 0 Å². The van der Waals surface area contributed by atoms with E-state index in [1.807, 2.05) is 18.3 Å². The molecule has 2 atom stereocenters. The highest BCUT2D eigenvalue weighted by Gasteiger charge is 2.39. The second kappa shape index (κ2) is 7.16. The van der Waals surface area contributed by atoms with Crippen LogP contribution in [-0.4, -0.2) is 41.2 Å². The summed E-state index contributed by atoms with van der Waals surface area (Å²) < 4.78 is 5.83. The Morgan fingerprint density at radius 3 is 2.90 bits per heavy atom. The van der Waals surface area contributed by atoms with Crippen LogP contribution in [-0.2, 0) is 11.3 Å². The summed E-state index contributed by atoms with van der Waals surface area (Å²) in [6.45, 7) is 7.75. The molecule has 0 saturated carbocycles. The molecule has 1 aliphatic rings. The second-order valence-electron chi connectivity index (χ2n) is 5.62. The predicted octanol–water partition coefficient (Wildman–Crippen LogP) is 2.19. The Morgan fingerprint density at radius 1 is 1.45 bits per heavy atom. The molecule has 1 fully saturated rings.